The molecule has 8 heteroatoms. The number of anilines is 2. The molecular formula is C24H32F3N5. The molecular weight excluding hydrogens is 415 g/mol. The van der Waals surface area contributed by atoms with E-state index in [1.54, 1.807) is 12.1 Å². The molecule has 5 nitrogen and oxygen atoms in total. The molecule has 2 heterocycles. The van der Waals surface area contributed by atoms with Gasteiger partial charge < -0.3 is 20.9 Å². The maximum Gasteiger partial charge on any atom is 0.417 e. The summed E-state index contributed by atoms with van der Waals surface area (Å²) >= 11 is 0. The molecule has 1 fully saturated rings. The molecule has 32 heavy (non-hydrogen) atoms. The van der Waals surface area contributed by atoms with Gasteiger partial charge in [0.2, 0.25) is 0 Å². The Morgan fingerprint density at radius 1 is 1.25 bits per heavy atom. The summed E-state index contributed by atoms with van der Waals surface area (Å²) in [6.07, 6.45) is 0.0939. The lowest BCUT2D eigenvalue weighted by molar-refractivity contribution is -0.0688. The summed E-state index contributed by atoms with van der Waals surface area (Å²) in [6, 6.07) is 7.48. The highest BCUT2D eigenvalue weighted by Gasteiger charge is 2.35. The van der Waals surface area contributed by atoms with Crippen LogP contribution in [-0.2, 0) is 0 Å². The number of allylic oxidation sites excluding steroid dienone is 2. The number of likely N-dealkylation sites (tertiary alicyclic amines) is 1. The third kappa shape index (κ3) is 5.73. The first-order valence-corrected chi connectivity index (χ1v) is 10.9. The fraction of sp³-hybridized carbons (Fsp3) is 0.458. The maximum atomic E-state index is 13.6. The molecule has 1 aromatic carbocycles. The molecule has 3 N–H and O–H groups in total. The summed E-state index contributed by atoms with van der Waals surface area (Å²) in [6.45, 7) is 7.78. The van der Waals surface area contributed by atoms with Crippen molar-refractivity contribution in [2.24, 2.45) is 0 Å². The van der Waals surface area contributed by atoms with Crippen LogP contribution in [0, 0.1) is 0 Å². The van der Waals surface area contributed by atoms with Gasteiger partial charge in [0.1, 0.15) is 5.82 Å². The number of benzene rings is 1. The molecule has 0 radical (unpaired) electrons. The minimum atomic E-state index is -4.56. The Labute approximate surface area is 187 Å². The Bertz CT molecular complexity index is 975. The third-order valence-corrected chi connectivity index (χ3v) is 5.95. The average molecular weight is 448 g/mol. The molecule has 0 atom stereocenters. The average Bonchev–Trinajstić information content (AvgIpc) is 2.77. The largest absolute Gasteiger partial charge is 0.417 e. The number of nitrogens with one attached hydrogen (secondary N) is 3. The molecule has 174 valence electrons. The van der Waals surface area contributed by atoms with E-state index in [2.05, 4.69) is 39.5 Å². The standard InChI is InChI=1S/C24H32F3N5/c1-5-17(28-3)9-12-29-22-15-20-19(23(31-22)16(2)24(25,26)27)7-6-8-21(20)30-18-10-13-32(4)14-11-18/h5-8,15,18,28,30H,2,9-14H2,1,3-4H3,(H,29,31)/b17-5+. The lowest BCUT2D eigenvalue weighted by Crippen LogP contribution is -2.36. The van der Waals surface area contributed by atoms with Gasteiger partial charge in [-0.1, -0.05) is 24.8 Å². The van der Waals surface area contributed by atoms with Gasteiger partial charge in [-0.15, -0.1) is 0 Å². The van der Waals surface area contributed by atoms with Crippen LogP contribution in [0.2, 0.25) is 0 Å². The van der Waals surface area contributed by atoms with E-state index in [0.29, 0.717) is 29.6 Å². The van der Waals surface area contributed by atoms with Crippen LogP contribution in [0.15, 0.2) is 42.6 Å². The Morgan fingerprint density at radius 3 is 2.59 bits per heavy atom. The molecule has 0 saturated carbocycles. The maximum absolute atomic E-state index is 13.6. The van der Waals surface area contributed by atoms with Crippen LogP contribution < -0.4 is 16.0 Å². The van der Waals surface area contributed by atoms with Gasteiger partial charge in [-0.25, -0.2) is 4.98 Å². The number of piperidine rings is 1. The normalized spacial score (nSPS) is 16.2. The molecule has 1 aliphatic heterocycles. The molecule has 1 saturated heterocycles. The third-order valence-electron chi connectivity index (χ3n) is 5.95. The first-order chi connectivity index (χ1) is 15.2. The summed E-state index contributed by atoms with van der Waals surface area (Å²) in [4.78, 5) is 6.59. The quantitative estimate of drug-likeness (QED) is 0.517. The predicted molar refractivity (Wildman–Crippen MR) is 127 cm³/mol. The second-order valence-corrected chi connectivity index (χ2v) is 8.20. The van der Waals surface area contributed by atoms with Crippen molar-refractivity contribution in [3.8, 4) is 0 Å². The zero-order valence-corrected chi connectivity index (χ0v) is 18.9. The molecule has 0 aliphatic carbocycles. The number of rotatable bonds is 8. The molecule has 0 amide bonds. The van der Waals surface area contributed by atoms with Gasteiger partial charge in [0.15, 0.2) is 0 Å². The monoisotopic (exact) mass is 447 g/mol. The van der Waals surface area contributed by atoms with Gasteiger partial charge in [0, 0.05) is 48.2 Å². The lowest BCUT2D eigenvalue weighted by Gasteiger charge is -2.30. The van der Waals surface area contributed by atoms with Crippen LogP contribution >= 0.6 is 0 Å². The van der Waals surface area contributed by atoms with E-state index in [9.17, 15) is 13.2 Å². The van der Waals surface area contributed by atoms with Crippen LogP contribution in [-0.4, -0.2) is 55.8 Å². The number of fused-ring (bicyclic) bond motifs is 1. The zero-order valence-electron chi connectivity index (χ0n) is 18.9. The topological polar surface area (TPSA) is 52.2 Å². The molecule has 2 aromatic rings. The predicted octanol–water partition coefficient (Wildman–Crippen LogP) is 5.24. The van der Waals surface area contributed by atoms with Crippen molar-refractivity contribution >= 4 is 27.9 Å². The minimum Gasteiger partial charge on any atom is -0.392 e. The van der Waals surface area contributed by atoms with Crippen LogP contribution in [0.1, 0.15) is 31.9 Å². The molecule has 0 bridgehead atoms. The van der Waals surface area contributed by atoms with E-state index >= 15 is 0 Å². The van der Waals surface area contributed by atoms with Gasteiger partial charge in [0.25, 0.3) is 0 Å². The molecule has 0 unspecified atom stereocenters. The van der Waals surface area contributed by atoms with Crippen LogP contribution in [0.25, 0.3) is 16.3 Å². The number of pyridine rings is 1. The molecule has 1 aromatic heterocycles. The minimum absolute atomic E-state index is 0.135. The summed E-state index contributed by atoms with van der Waals surface area (Å²) in [5, 5.41) is 11.0. The van der Waals surface area contributed by atoms with Crippen LogP contribution in [0.3, 0.4) is 0 Å². The van der Waals surface area contributed by atoms with Gasteiger partial charge in [-0.2, -0.15) is 13.2 Å². The van der Waals surface area contributed by atoms with Crippen molar-refractivity contribution < 1.29 is 13.2 Å². The Balaban J connectivity index is 1.97. The van der Waals surface area contributed by atoms with E-state index in [1.165, 1.54) is 0 Å². The summed E-state index contributed by atoms with van der Waals surface area (Å²) in [5.74, 6) is 0.405. The van der Waals surface area contributed by atoms with Gasteiger partial charge >= 0.3 is 6.18 Å². The van der Waals surface area contributed by atoms with Crippen molar-refractivity contribution in [3.05, 3.63) is 48.3 Å². The number of hydrogen-bond acceptors (Lipinski definition) is 5. The van der Waals surface area contributed by atoms with Gasteiger partial charge in [-0.3, -0.25) is 0 Å². The first-order valence-electron chi connectivity index (χ1n) is 10.9. The van der Waals surface area contributed by atoms with E-state index in [0.717, 1.165) is 37.3 Å². The summed E-state index contributed by atoms with van der Waals surface area (Å²) in [7, 11) is 3.94. The number of aromatic nitrogens is 1. The first kappa shape index (κ1) is 23.9. The highest BCUT2D eigenvalue weighted by Crippen LogP contribution is 2.38. The van der Waals surface area contributed by atoms with E-state index in [4.69, 9.17) is 0 Å². The van der Waals surface area contributed by atoms with E-state index in [-0.39, 0.29) is 11.7 Å². The number of alkyl halides is 3. The van der Waals surface area contributed by atoms with Crippen molar-refractivity contribution in [2.75, 3.05) is 44.4 Å². The number of hydrogen-bond donors (Lipinski definition) is 3. The Kier molecular flexibility index (Phi) is 7.66. The molecule has 1 aliphatic rings. The summed E-state index contributed by atoms with van der Waals surface area (Å²) in [5.41, 5.74) is 0.794. The fourth-order valence-corrected chi connectivity index (χ4v) is 3.97. The van der Waals surface area contributed by atoms with E-state index < -0.39 is 11.7 Å². The van der Waals surface area contributed by atoms with E-state index in [1.807, 2.05) is 32.2 Å². The van der Waals surface area contributed by atoms with Crippen molar-refractivity contribution in [3.63, 3.8) is 0 Å². The van der Waals surface area contributed by atoms with Crippen LogP contribution in [0.4, 0.5) is 24.7 Å². The second-order valence-electron chi connectivity index (χ2n) is 8.20. The second kappa shape index (κ2) is 10.3. The molecule has 3 rings (SSSR count). The Hall–Kier alpha value is -2.74. The SMILES string of the molecule is C=C(c1nc(NCC/C(=C\C)NC)cc2c(NC3CCN(C)CC3)cccc12)C(F)(F)F. The van der Waals surface area contributed by atoms with Gasteiger partial charge in [0.05, 0.1) is 11.3 Å². The number of nitrogens with zero attached hydrogens (tertiary/aromatic N) is 2. The zero-order chi connectivity index (χ0) is 23.3. The summed E-state index contributed by atoms with van der Waals surface area (Å²) < 4.78 is 40.7. The van der Waals surface area contributed by atoms with Crippen molar-refractivity contribution in [2.45, 2.75) is 38.4 Å². The number of halogens is 3. The van der Waals surface area contributed by atoms with Crippen LogP contribution in [0.5, 0.6) is 0 Å². The fourth-order valence-electron chi connectivity index (χ4n) is 3.97. The van der Waals surface area contributed by atoms with Crippen molar-refractivity contribution in [1.82, 2.24) is 15.2 Å². The Morgan fingerprint density at radius 2 is 1.97 bits per heavy atom. The highest BCUT2D eigenvalue weighted by atomic mass is 19.4. The van der Waals surface area contributed by atoms with Crippen molar-refractivity contribution in [1.29, 1.82) is 0 Å². The van der Waals surface area contributed by atoms with Gasteiger partial charge in [-0.05, 0) is 52.0 Å². The molecule has 0 spiro atoms. The lowest BCUT2D eigenvalue weighted by atomic mass is 10.0. The smallest absolute Gasteiger partial charge is 0.392 e. The highest BCUT2D eigenvalue weighted by molar-refractivity contribution is 6.01.